The number of amides is 2. The van der Waals surface area contributed by atoms with Gasteiger partial charge in [0.1, 0.15) is 11.5 Å². The Morgan fingerprint density at radius 1 is 0.938 bits per heavy atom. The van der Waals surface area contributed by atoms with E-state index in [1.165, 1.54) is 0 Å². The number of morpholine rings is 2. The molecule has 3 heterocycles. The number of hydrogen-bond acceptors (Lipinski definition) is 9. The number of carbonyl (C=O) groups excluding carboxylic acids is 2. The molecule has 3 aliphatic rings. The maximum Gasteiger partial charge on any atom is 0.415 e. The van der Waals surface area contributed by atoms with Crippen LogP contribution in [0.1, 0.15) is 0 Å². The predicted molar refractivity (Wildman–Crippen MR) is 114 cm³/mol. The van der Waals surface area contributed by atoms with Gasteiger partial charge in [0.25, 0.3) is 5.70 Å². The highest BCUT2D eigenvalue weighted by Gasteiger charge is 2.31. The van der Waals surface area contributed by atoms with E-state index in [1.807, 2.05) is 6.07 Å². The summed E-state index contributed by atoms with van der Waals surface area (Å²) < 4.78 is 22.2. The molecule has 12 heteroatoms. The molecule has 2 saturated heterocycles. The molecular weight excluding hydrogens is 456 g/mol. The van der Waals surface area contributed by atoms with Gasteiger partial charge in [0.15, 0.2) is 0 Å². The van der Waals surface area contributed by atoms with Gasteiger partial charge in [-0.2, -0.15) is 0 Å². The maximum atomic E-state index is 12.6. The number of thioether (sulfide) groups is 2. The number of benzene rings is 1. The van der Waals surface area contributed by atoms with Gasteiger partial charge in [-0.1, -0.05) is 23.5 Å². The molecule has 0 saturated carbocycles. The second-order valence-corrected chi connectivity index (χ2v) is 9.02. The molecule has 4 rings (SSSR count). The minimum Gasteiger partial charge on any atom is -0.409 e. The Hall–Kier alpha value is -2.90. The lowest BCUT2D eigenvalue weighted by Gasteiger charge is -2.27. The lowest BCUT2D eigenvalue weighted by molar-refractivity contribution is 0.0408. The van der Waals surface area contributed by atoms with Gasteiger partial charge >= 0.3 is 12.2 Å². The van der Waals surface area contributed by atoms with Crippen LogP contribution in [0.15, 0.2) is 31.9 Å². The van der Waals surface area contributed by atoms with E-state index in [4.69, 9.17) is 25.5 Å². The Balaban J connectivity index is 1.61. The first-order valence-electron chi connectivity index (χ1n) is 9.74. The van der Waals surface area contributed by atoms with E-state index in [2.05, 4.69) is 4.85 Å². The van der Waals surface area contributed by atoms with Crippen LogP contribution in [0, 0.1) is 17.9 Å². The standard InChI is InChI=1S/C20H18N4O6S2/c1-22-13(12-21)18-31-16-14(29-19(25)23-4-8-27-9-5-23)2-3-15(17(16)32-18)30-20(26)24-6-10-28-11-7-24/h2-3H,4-11H2. The lowest BCUT2D eigenvalue weighted by atomic mass is 10.3. The zero-order valence-corrected chi connectivity index (χ0v) is 18.5. The summed E-state index contributed by atoms with van der Waals surface area (Å²) in [6.07, 6.45) is -1.02. The van der Waals surface area contributed by atoms with Gasteiger partial charge in [0, 0.05) is 26.2 Å². The third-order valence-electron chi connectivity index (χ3n) is 4.77. The molecule has 10 nitrogen and oxygen atoms in total. The first-order chi connectivity index (χ1) is 15.6. The summed E-state index contributed by atoms with van der Waals surface area (Å²) in [5, 5.41) is 9.28. The third kappa shape index (κ3) is 4.79. The van der Waals surface area contributed by atoms with Gasteiger partial charge in [-0.3, -0.25) is 0 Å². The highest BCUT2D eigenvalue weighted by atomic mass is 32.2. The number of fused-ring (bicyclic) bond motifs is 1. The van der Waals surface area contributed by atoms with Crippen molar-refractivity contribution in [2.45, 2.75) is 9.79 Å². The number of nitrogens with zero attached hydrogens (tertiary/aromatic N) is 4. The van der Waals surface area contributed by atoms with Crippen molar-refractivity contribution in [2.24, 2.45) is 0 Å². The van der Waals surface area contributed by atoms with Crippen LogP contribution in [0.25, 0.3) is 4.85 Å². The molecule has 0 N–H and O–H groups in total. The first kappa shape index (κ1) is 22.3. The van der Waals surface area contributed by atoms with Gasteiger partial charge in [0.05, 0.1) is 53.1 Å². The summed E-state index contributed by atoms with van der Waals surface area (Å²) in [6.45, 7) is 10.7. The van der Waals surface area contributed by atoms with Crippen LogP contribution in [0.4, 0.5) is 9.59 Å². The lowest BCUT2D eigenvalue weighted by Crippen LogP contribution is -2.42. The fraction of sp³-hybridized carbons (Fsp3) is 0.400. The van der Waals surface area contributed by atoms with Crippen LogP contribution >= 0.6 is 23.5 Å². The Bertz CT molecular complexity index is 957. The summed E-state index contributed by atoms with van der Waals surface area (Å²) in [5.74, 6) is 0.551. The highest BCUT2D eigenvalue weighted by molar-refractivity contribution is 8.24. The van der Waals surface area contributed by atoms with Crippen molar-refractivity contribution in [3.8, 4) is 17.6 Å². The van der Waals surface area contributed by atoms with Crippen molar-refractivity contribution < 1.29 is 28.5 Å². The van der Waals surface area contributed by atoms with Crippen molar-refractivity contribution in [2.75, 3.05) is 52.6 Å². The summed E-state index contributed by atoms with van der Waals surface area (Å²) in [6, 6.07) is 4.99. The Kier molecular flexibility index (Phi) is 7.07. The predicted octanol–water partition coefficient (Wildman–Crippen LogP) is 3.16. The van der Waals surface area contributed by atoms with Gasteiger partial charge in [-0.05, 0) is 12.1 Å². The molecule has 32 heavy (non-hydrogen) atoms. The van der Waals surface area contributed by atoms with Crippen LogP contribution in [0.3, 0.4) is 0 Å². The van der Waals surface area contributed by atoms with Crippen molar-refractivity contribution in [3.05, 3.63) is 33.5 Å². The Morgan fingerprint density at radius 3 is 1.75 bits per heavy atom. The van der Waals surface area contributed by atoms with Crippen molar-refractivity contribution in [3.63, 3.8) is 0 Å². The number of nitriles is 1. The molecule has 0 bridgehead atoms. The molecular formula is C20H18N4O6S2. The number of hydrogen-bond donors (Lipinski definition) is 0. The fourth-order valence-corrected chi connectivity index (χ4v) is 5.58. The van der Waals surface area contributed by atoms with Crippen molar-refractivity contribution in [1.82, 2.24) is 9.80 Å². The minimum absolute atomic E-state index is 0.0767. The summed E-state index contributed by atoms with van der Waals surface area (Å²) in [5.41, 5.74) is -0.0767. The van der Waals surface area contributed by atoms with Gasteiger partial charge in [0.2, 0.25) is 0 Å². The van der Waals surface area contributed by atoms with Crippen LogP contribution in [0.5, 0.6) is 11.5 Å². The summed E-state index contributed by atoms with van der Waals surface area (Å²) in [4.78, 5) is 32.6. The molecule has 1 aromatic carbocycles. The monoisotopic (exact) mass is 474 g/mol. The fourth-order valence-electron chi connectivity index (χ4n) is 3.11. The zero-order valence-electron chi connectivity index (χ0n) is 16.9. The molecule has 0 atom stereocenters. The number of ether oxygens (including phenoxy) is 4. The average Bonchev–Trinajstić information content (AvgIpc) is 3.28. The second-order valence-electron chi connectivity index (χ2n) is 6.72. The van der Waals surface area contributed by atoms with Crippen LogP contribution in [-0.2, 0) is 9.47 Å². The zero-order chi connectivity index (χ0) is 22.5. The molecule has 1 aromatic rings. The van der Waals surface area contributed by atoms with E-state index in [1.54, 1.807) is 21.9 Å². The minimum atomic E-state index is -0.512. The van der Waals surface area contributed by atoms with E-state index in [0.717, 1.165) is 23.5 Å². The van der Waals surface area contributed by atoms with Crippen LogP contribution in [-0.4, -0.2) is 74.6 Å². The molecule has 0 radical (unpaired) electrons. The molecule has 3 aliphatic heterocycles. The average molecular weight is 475 g/mol. The van der Waals surface area contributed by atoms with E-state index < -0.39 is 12.2 Å². The third-order valence-corrected chi connectivity index (χ3v) is 7.38. The first-order valence-corrected chi connectivity index (χ1v) is 11.4. The Labute approximate surface area is 192 Å². The van der Waals surface area contributed by atoms with Crippen molar-refractivity contribution >= 4 is 35.7 Å². The van der Waals surface area contributed by atoms with E-state index in [-0.39, 0.29) is 17.2 Å². The van der Waals surface area contributed by atoms with Gasteiger partial charge in [-0.15, -0.1) is 0 Å². The second kappa shape index (κ2) is 10.1. The van der Waals surface area contributed by atoms with E-state index in [9.17, 15) is 14.9 Å². The maximum absolute atomic E-state index is 12.6. The van der Waals surface area contributed by atoms with Crippen LogP contribution in [0.2, 0.25) is 0 Å². The quantitative estimate of drug-likeness (QED) is 0.472. The molecule has 0 spiro atoms. The SMILES string of the molecule is [C-]#[N+]C(C#N)=C1Sc2c(OC(=O)N3CCOCC3)ccc(OC(=O)N3CCOCC3)c2S1. The largest absolute Gasteiger partial charge is 0.415 e. The number of rotatable bonds is 2. The molecule has 166 valence electrons. The molecule has 0 aliphatic carbocycles. The summed E-state index contributed by atoms with van der Waals surface area (Å²) >= 11 is 2.29. The van der Waals surface area contributed by atoms with Gasteiger partial charge < -0.3 is 28.7 Å². The van der Waals surface area contributed by atoms with E-state index in [0.29, 0.717) is 66.6 Å². The van der Waals surface area contributed by atoms with Crippen molar-refractivity contribution in [1.29, 1.82) is 5.26 Å². The number of allylic oxidation sites excluding steroid dienone is 1. The van der Waals surface area contributed by atoms with Gasteiger partial charge in [-0.25, -0.2) is 19.7 Å². The normalized spacial score (nSPS) is 17.8. The van der Waals surface area contributed by atoms with E-state index >= 15 is 0 Å². The molecule has 2 fully saturated rings. The summed E-state index contributed by atoms with van der Waals surface area (Å²) in [7, 11) is 0. The molecule has 2 amide bonds. The number of carbonyl (C=O) groups is 2. The Morgan fingerprint density at radius 2 is 1.38 bits per heavy atom. The molecule has 0 aromatic heterocycles. The molecule has 0 unspecified atom stereocenters. The topological polar surface area (TPSA) is 106 Å². The highest BCUT2D eigenvalue weighted by Crippen LogP contribution is 2.59. The smallest absolute Gasteiger partial charge is 0.409 e. The van der Waals surface area contributed by atoms with Crippen LogP contribution < -0.4 is 9.47 Å².